The Morgan fingerprint density at radius 2 is 1.88 bits per heavy atom. The third kappa shape index (κ3) is 5.98. The maximum absolute atomic E-state index is 12.3. The van der Waals surface area contributed by atoms with Gasteiger partial charge in [0.15, 0.2) is 5.58 Å². The molecule has 1 aromatic heterocycles. The molecule has 4 rings (SSSR count). The normalized spacial score (nSPS) is 10.9. The molecule has 9 heteroatoms. The second-order valence-electron chi connectivity index (χ2n) is 6.72. The molecule has 4 aromatic rings. The zero-order valence-electron chi connectivity index (χ0n) is 17.6. The second-order valence-corrected chi connectivity index (χ2v) is 7.65. The average molecular weight is 461 g/mol. The van der Waals surface area contributed by atoms with Crippen LogP contribution in [0.15, 0.2) is 87.5 Å². The fourth-order valence-corrected chi connectivity index (χ4v) is 3.43. The van der Waals surface area contributed by atoms with Crippen LogP contribution in [0, 0.1) is 0 Å². The highest BCUT2D eigenvalue weighted by Gasteiger charge is 2.10. The number of thioether (sulfide) groups is 1. The Labute approximate surface area is 193 Å². The number of carbonyl (C=O) groups excluding carboxylic acids is 2. The summed E-state index contributed by atoms with van der Waals surface area (Å²) in [5.74, 6) is 0.317. The molecule has 0 fully saturated rings. The number of ether oxygens (including phenoxy) is 2. The molecule has 0 saturated heterocycles. The zero-order chi connectivity index (χ0) is 23.0. The van der Waals surface area contributed by atoms with E-state index >= 15 is 0 Å². The summed E-state index contributed by atoms with van der Waals surface area (Å²) in [6.07, 6.45) is 1.47. The minimum Gasteiger partial charge on any atom is -0.497 e. The summed E-state index contributed by atoms with van der Waals surface area (Å²) in [5, 5.41) is 4.37. The standard InChI is InChI=1S/C24H19N3O5S/c1-30-18-11-9-17(10-12-18)23(29)31-19-6-4-5-16(13-19)14-25-27-22(28)15-33-24-26-20-7-2-3-8-21(20)32-24/h2-14H,15H2,1H3,(H,27,28)/b25-14-. The van der Waals surface area contributed by atoms with E-state index in [0.717, 1.165) is 5.52 Å². The van der Waals surface area contributed by atoms with Crippen molar-refractivity contribution in [2.24, 2.45) is 5.10 Å². The molecule has 33 heavy (non-hydrogen) atoms. The van der Waals surface area contributed by atoms with Crippen molar-refractivity contribution >= 4 is 41.0 Å². The summed E-state index contributed by atoms with van der Waals surface area (Å²) in [6.45, 7) is 0. The van der Waals surface area contributed by atoms with Crippen LogP contribution >= 0.6 is 11.8 Å². The van der Waals surface area contributed by atoms with Gasteiger partial charge in [0.05, 0.1) is 24.6 Å². The molecule has 1 amide bonds. The molecule has 0 atom stereocenters. The first-order valence-electron chi connectivity index (χ1n) is 9.87. The smallest absolute Gasteiger partial charge is 0.343 e. The predicted octanol–water partition coefficient (Wildman–Crippen LogP) is 4.30. The lowest BCUT2D eigenvalue weighted by Crippen LogP contribution is -2.19. The Balaban J connectivity index is 1.28. The first-order valence-corrected chi connectivity index (χ1v) is 10.9. The summed E-state index contributed by atoms with van der Waals surface area (Å²) in [6, 6.07) is 20.8. The van der Waals surface area contributed by atoms with Crippen molar-refractivity contribution in [3.05, 3.63) is 83.9 Å². The number of rotatable bonds is 8. The number of aromatic nitrogens is 1. The van der Waals surface area contributed by atoms with Gasteiger partial charge in [0.2, 0.25) is 0 Å². The number of nitrogens with zero attached hydrogens (tertiary/aromatic N) is 2. The molecule has 3 aromatic carbocycles. The molecule has 1 heterocycles. The van der Waals surface area contributed by atoms with Crippen molar-refractivity contribution in [2.45, 2.75) is 5.22 Å². The van der Waals surface area contributed by atoms with Crippen molar-refractivity contribution in [1.29, 1.82) is 0 Å². The fourth-order valence-electron chi connectivity index (χ4n) is 2.80. The van der Waals surface area contributed by atoms with E-state index in [4.69, 9.17) is 13.9 Å². The van der Waals surface area contributed by atoms with Crippen LogP contribution in [-0.4, -0.2) is 35.9 Å². The number of fused-ring (bicyclic) bond motifs is 1. The van der Waals surface area contributed by atoms with Gasteiger partial charge in [-0.05, 0) is 54.1 Å². The number of para-hydroxylation sites is 2. The highest BCUT2D eigenvalue weighted by atomic mass is 32.2. The van der Waals surface area contributed by atoms with Crippen molar-refractivity contribution in [3.63, 3.8) is 0 Å². The highest BCUT2D eigenvalue weighted by molar-refractivity contribution is 7.99. The maximum Gasteiger partial charge on any atom is 0.343 e. The number of benzene rings is 3. The van der Waals surface area contributed by atoms with Gasteiger partial charge in [0.1, 0.15) is 17.0 Å². The van der Waals surface area contributed by atoms with Gasteiger partial charge in [-0.1, -0.05) is 36.0 Å². The van der Waals surface area contributed by atoms with Gasteiger partial charge >= 0.3 is 5.97 Å². The van der Waals surface area contributed by atoms with Crippen LogP contribution in [0.5, 0.6) is 11.5 Å². The first-order chi connectivity index (χ1) is 16.1. The molecular formula is C24H19N3O5S. The monoisotopic (exact) mass is 461 g/mol. The molecule has 0 saturated carbocycles. The van der Waals surface area contributed by atoms with Gasteiger partial charge in [-0.15, -0.1) is 0 Å². The third-order valence-corrected chi connectivity index (χ3v) is 5.23. The number of amides is 1. The van der Waals surface area contributed by atoms with Crippen molar-refractivity contribution in [2.75, 3.05) is 12.9 Å². The van der Waals surface area contributed by atoms with Crippen LogP contribution in [0.4, 0.5) is 0 Å². The summed E-state index contributed by atoms with van der Waals surface area (Å²) in [5.41, 5.74) is 4.92. The molecule has 0 aliphatic heterocycles. The first kappa shape index (κ1) is 22.1. The van der Waals surface area contributed by atoms with E-state index in [-0.39, 0.29) is 11.7 Å². The predicted molar refractivity (Wildman–Crippen MR) is 125 cm³/mol. The van der Waals surface area contributed by atoms with Crippen LogP contribution in [0.25, 0.3) is 11.1 Å². The lowest BCUT2D eigenvalue weighted by Gasteiger charge is -2.06. The zero-order valence-corrected chi connectivity index (χ0v) is 18.4. The molecular weight excluding hydrogens is 442 g/mol. The summed E-state index contributed by atoms with van der Waals surface area (Å²) < 4.78 is 16.1. The number of carbonyl (C=O) groups is 2. The largest absolute Gasteiger partial charge is 0.497 e. The minimum atomic E-state index is -0.490. The van der Waals surface area contributed by atoms with Gasteiger partial charge in [-0.3, -0.25) is 4.79 Å². The molecule has 0 radical (unpaired) electrons. The average Bonchev–Trinajstić information content (AvgIpc) is 3.26. The Morgan fingerprint density at radius 3 is 2.67 bits per heavy atom. The van der Waals surface area contributed by atoms with E-state index in [2.05, 4.69) is 15.5 Å². The van der Waals surface area contributed by atoms with Gasteiger partial charge in [-0.25, -0.2) is 15.2 Å². The van der Waals surface area contributed by atoms with Crippen molar-refractivity contribution < 1.29 is 23.5 Å². The topological polar surface area (TPSA) is 103 Å². The van der Waals surface area contributed by atoms with Crippen molar-refractivity contribution in [1.82, 2.24) is 10.4 Å². The van der Waals surface area contributed by atoms with Gasteiger partial charge in [0, 0.05) is 0 Å². The number of hydrogen-bond acceptors (Lipinski definition) is 8. The molecule has 0 aliphatic carbocycles. The van der Waals surface area contributed by atoms with Crippen molar-refractivity contribution in [3.8, 4) is 11.5 Å². The molecule has 1 N–H and O–H groups in total. The van der Waals surface area contributed by atoms with Gasteiger partial charge in [-0.2, -0.15) is 5.10 Å². The van der Waals surface area contributed by atoms with E-state index in [0.29, 0.717) is 33.4 Å². The Kier molecular flexibility index (Phi) is 7.01. The fraction of sp³-hybridized carbons (Fsp3) is 0.0833. The molecule has 0 aliphatic rings. The Morgan fingerprint density at radius 1 is 1.06 bits per heavy atom. The second kappa shape index (κ2) is 10.5. The molecule has 0 spiro atoms. The third-order valence-electron chi connectivity index (χ3n) is 4.40. The number of oxazole rings is 1. The lowest BCUT2D eigenvalue weighted by molar-refractivity contribution is -0.118. The maximum atomic E-state index is 12.3. The van der Waals surface area contributed by atoms with E-state index in [9.17, 15) is 9.59 Å². The van der Waals surface area contributed by atoms with E-state index in [1.165, 1.54) is 18.0 Å². The van der Waals surface area contributed by atoms with E-state index in [1.54, 1.807) is 55.6 Å². The quantitative estimate of drug-likeness (QED) is 0.137. The molecule has 0 bridgehead atoms. The molecule has 166 valence electrons. The summed E-state index contributed by atoms with van der Waals surface area (Å²) in [7, 11) is 1.56. The van der Waals surface area contributed by atoms with Crippen LogP contribution in [0.3, 0.4) is 0 Å². The number of esters is 1. The molecule has 8 nitrogen and oxygen atoms in total. The van der Waals surface area contributed by atoms with Gasteiger partial charge in [0.25, 0.3) is 11.1 Å². The Hall–Kier alpha value is -4.11. The molecule has 0 unspecified atom stereocenters. The van der Waals surface area contributed by atoms with Crippen LogP contribution < -0.4 is 14.9 Å². The highest BCUT2D eigenvalue weighted by Crippen LogP contribution is 2.22. The number of hydrazone groups is 1. The number of hydrogen-bond donors (Lipinski definition) is 1. The van der Waals surface area contributed by atoms with E-state index < -0.39 is 5.97 Å². The number of nitrogens with one attached hydrogen (secondary N) is 1. The number of methoxy groups -OCH3 is 1. The van der Waals surface area contributed by atoms with E-state index in [1.807, 2.05) is 24.3 Å². The van der Waals surface area contributed by atoms with Crippen LogP contribution in [0.1, 0.15) is 15.9 Å². The Bertz CT molecular complexity index is 1270. The van der Waals surface area contributed by atoms with Gasteiger partial charge < -0.3 is 13.9 Å². The lowest BCUT2D eigenvalue weighted by atomic mass is 10.2. The summed E-state index contributed by atoms with van der Waals surface area (Å²) in [4.78, 5) is 28.7. The summed E-state index contributed by atoms with van der Waals surface area (Å²) >= 11 is 1.18. The SMILES string of the molecule is COc1ccc(C(=O)Oc2cccc(/C=N\NC(=O)CSc3nc4ccccc4o3)c2)cc1. The minimum absolute atomic E-state index is 0.101. The van der Waals surface area contributed by atoms with Crippen LogP contribution in [-0.2, 0) is 4.79 Å². The van der Waals surface area contributed by atoms with Crippen LogP contribution in [0.2, 0.25) is 0 Å².